The van der Waals surface area contributed by atoms with E-state index >= 15 is 0 Å². The summed E-state index contributed by atoms with van der Waals surface area (Å²) in [6, 6.07) is 22.5. The molecule has 4 rings (SSSR count). The van der Waals surface area contributed by atoms with Gasteiger partial charge < -0.3 is 0 Å². The number of hydrogen-bond donors (Lipinski definition) is 0. The predicted octanol–water partition coefficient (Wildman–Crippen LogP) is 5.97. The number of aryl methyl sites for hydroxylation is 1. The average Bonchev–Trinajstić information content (AvgIpc) is 2.65. The number of nitrogens with zero attached hydrogens (tertiary/aromatic N) is 2. The predicted molar refractivity (Wildman–Crippen MR) is 127 cm³/mol. The van der Waals surface area contributed by atoms with Gasteiger partial charge in [0.1, 0.15) is 0 Å². The Balaban J connectivity index is 2.07. The van der Waals surface area contributed by atoms with Crippen molar-refractivity contribution >= 4 is 49.4 Å². The fourth-order valence-corrected chi connectivity index (χ4v) is 7.10. The second-order valence-corrected chi connectivity index (χ2v) is 23.4. The van der Waals surface area contributed by atoms with Crippen LogP contribution in [0.3, 0.4) is 0 Å². The van der Waals surface area contributed by atoms with E-state index in [2.05, 4.69) is 101 Å². The Bertz CT molecular complexity index is 1170. The molecule has 4 aromatic rings. The molecular weight excluding hydrogens is 447 g/mol. The molecule has 0 aliphatic carbocycles. The van der Waals surface area contributed by atoms with E-state index < -0.39 is 18.4 Å². The summed E-state index contributed by atoms with van der Waals surface area (Å²) in [5.41, 5.74) is 7.15. The van der Waals surface area contributed by atoms with Gasteiger partial charge in [-0.3, -0.25) is 0 Å². The second-order valence-electron chi connectivity index (χ2n) is 8.93. The SMILES string of the molecule is Cc1ccc2nc3ccc(N(C)C)cc3c(-c3cc[c]([119Sn]([CH3])([CH3])[CH3])cc3)c2c1. The van der Waals surface area contributed by atoms with Gasteiger partial charge in [0.05, 0.1) is 0 Å². The fraction of sp³-hybridized carbons (Fsp3) is 0.240. The molecular formula is C25H28N2Sn. The van der Waals surface area contributed by atoms with Crippen LogP contribution in [-0.4, -0.2) is 37.5 Å². The molecule has 1 aromatic heterocycles. The molecule has 0 aliphatic rings. The van der Waals surface area contributed by atoms with Crippen molar-refractivity contribution < 1.29 is 0 Å². The monoisotopic (exact) mass is 475 g/mol. The van der Waals surface area contributed by atoms with Crippen molar-refractivity contribution in [1.29, 1.82) is 0 Å². The molecule has 2 nitrogen and oxygen atoms in total. The normalized spacial score (nSPS) is 11.9. The number of benzene rings is 3. The number of rotatable bonds is 3. The molecule has 3 aromatic carbocycles. The van der Waals surface area contributed by atoms with Gasteiger partial charge in [-0.05, 0) is 0 Å². The van der Waals surface area contributed by atoms with Crippen molar-refractivity contribution in [3.63, 3.8) is 0 Å². The first-order valence-corrected chi connectivity index (χ1v) is 19.9. The molecule has 0 radical (unpaired) electrons. The van der Waals surface area contributed by atoms with E-state index in [0.717, 1.165) is 11.0 Å². The van der Waals surface area contributed by atoms with Crippen LogP contribution in [0.4, 0.5) is 5.69 Å². The van der Waals surface area contributed by atoms with Crippen LogP contribution in [0.25, 0.3) is 32.9 Å². The molecule has 0 aliphatic heterocycles. The average molecular weight is 475 g/mol. The van der Waals surface area contributed by atoms with Crippen molar-refractivity contribution in [2.45, 2.75) is 21.7 Å². The van der Waals surface area contributed by atoms with Crippen molar-refractivity contribution in [2.75, 3.05) is 19.0 Å². The molecule has 0 unspecified atom stereocenters. The Morgan fingerprint density at radius 3 is 1.96 bits per heavy atom. The van der Waals surface area contributed by atoms with E-state index in [1.54, 1.807) is 3.58 Å². The van der Waals surface area contributed by atoms with Crippen molar-refractivity contribution in [2.24, 2.45) is 0 Å². The molecule has 0 bridgehead atoms. The van der Waals surface area contributed by atoms with Crippen LogP contribution in [0.5, 0.6) is 0 Å². The summed E-state index contributed by atoms with van der Waals surface area (Å²) in [6.45, 7) is 2.15. The topological polar surface area (TPSA) is 16.1 Å². The first-order chi connectivity index (χ1) is 13.2. The summed E-state index contributed by atoms with van der Waals surface area (Å²) in [7, 11) is 4.18. The second kappa shape index (κ2) is 7.07. The van der Waals surface area contributed by atoms with E-state index in [1.807, 2.05) is 0 Å². The van der Waals surface area contributed by atoms with Gasteiger partial charge in [-0.1, -0.05) is 0 Å². The molecule has 0 fully saturated rings. The third-order valence-electron chi connectivity index (χ3n) is 5.47. The van der Waals surface area contributed by atoms with Gasteiger partial charge in [0, 0.05) is 0 Å². The third kappa shape index (κ3) is 3.50. The first-order valence-electron chi connectivity index (χ1n) is 9.86. The van der Waals surface area contributed by atoms with Gasteiger partial charge in [-0.15, -0.1) is 0 Å². The van der Waals surface area contributed by atoms with Crippen LogP contribution in [0.15, 0.2) is 60.7 Å². The molecule has 3 heteroatoms. The van der Waals surface area contributed by atoms with E-state index in [1.165, 1.54) is 33.2 Å². The van der Waals surface area contributed by atoms with Gasteiger partial charge in [-0.25, -0.2) is 0 Å². The molecule has 28 heavy (non-hydrogen) atoms. The number of anilines is 1. The number of hydrogen-bond acceptors (Lipinski definition) is 2. The zero-order valence-corrected chi connectivity index (χ0v) is 20.5. The minimum atomic E-state index is -2.07. The summed E-state index contributed by atoms with van der Waals surface area (Å²) in [5.74, 6) is 0. The summed E-state index contributed by atoms with van der Waals surface area (Å²) >= 11 is -2.07. The Morgan fingerprint density at radius 2 is 1.36 bits per heavy atom. The zero-order chi connectivity index (χ0) is 20.1. The van der Waals surface area contributed by atoms with Gasteiger partial charge in [0.2, 0.25) is 0 Å². The number of aromatic nitrogens is 1. The van der Waals surface area contributed by atoms with Gasteiger partial charge in [-0.2, -0.15) is 0 Å². The standard InChI is InChI=1S/C22H19N2.3CH3.Sn/c1-15-9-11-20-18(13-15)22(16-7-5-4-6-8-16)19-14-17(24(2)3)10-12-21(19)23-20;;;;/h5-14H,1-3H3;3*1H3;/i;;;;1+0. The maximum absolute atomic E-state index is 4.95. The summed E-state index contributed by atoms with van der Waals surface area (Å²) in [5, 5.41) is 2.45. The van der Waals surface area contributed by atoms with Gasteiger partial charge in [0.15, 0.2) is 0 Å². The Morgan fingerprint density at radius 1 is 0.750 bits per heavy atom. The summed E-state index contributed by atoms with van der Waals surface area (Å²) in [6.07, 6.45) is 0. The van der Waals surface area contributed by atoms with E-state index in [9.17, 15) is 0 Å². The number of pyridine rings is 1. The van der Waals surface area contributed by atoms with E-state index in [0.29, 0.717) is 0 Å². The van der Waals surface area contributed by atoms with E-state index in [-0.39, 0.29) is 0 Å². The van der Waals surface area contributed by atoms with Gasteiger partial charge in [0.25, 0.3) is 0 Å². The van der Waals surface area contributed by atoms with Crippen LogP contribution in [-0.2, 0) is 0 Å². The molecule has 0 saturated carbocycles. The van der Waals surface area contributed by atoms with Crippen LogP contribution in [0.2, 0.25) is 14.8 Å². The first kappa shape index (κ1) is 19.3. The Hall–Kier alpha value is -2.07. The molecule has 0 atom stereocenters. The zero-order valence-electron chi connectivity index (χ0n) is 17.7. The van der Waals surface area contributed by atoms with Crippen molar-refractivity contribution in [1.82, 2.24) is 4.98 Å². The molecule has 0 amide bonds. The van der Waals surface area contributed by atoms with Crippen molar-refractivity contribution in [3.05, 3.63) is 66.2 Å². The summed E-state index contributed by atoms with van der Waals surface area (Å²) < 4.78 is 1.56. The Kier molecular flexibility index (Phi) is 4.86. The minimum absolute atomic E-state index is 1.05. The van der Waals surface area contributed by atoms with Crippen LogP contribution >= 0.6 is 0 Å². The molecule has 142 valence electrons. The summed E-state index contributed by atoms with van der Waals surface area (Å²) in [4.78, 5) is 14.5. The maximum atomic E-state index is 4.95. The molecule has 0 N–H and O–H groups in total. The van der Waals surface area contributed by atoms with Crippen molar-refractivity contribution in [3.8, 4) is 11.1 Å². The third-order valence-corrected chi connectivity index (χ3v) is 11.4. The van der Waals surface area contributed by atoms with E-state index in [4.69, 9.17) is 4.98 Å². The van der Waals surface area contributed by atoms with Gasteiger partial charge >= 0.3 is 173 Å². The molecule has 1 heterocycles. The van der Waals surface area contributed by atoms with Crippen LogP contribution in [0.1, 0.15) is 5.56 Å². The fourth-order valence-electron chi connectivity index (χ4n) is 3.77. The molecule has 0 spiro atoms. The molecule has 0 saturated heterocycles. The Labute approximate surface area is 172 Å². The van der Waals surface area contributed by atoms with Crippen LogP contribution in [0, 0.1) is 6.92 Å². The number of fused-ring (bicyclic) bond motifs is 2. The van der Waals surface area contributed by atoms with Crippen LogP contribution < -0.4 is 8.48 Å². The quantitative estimate of drug-likeness (QED) is 0.268.